The first kappa shape index (κ1) is 11.0. The Bertz CT molecular complexity index is 438. The Hall–Kier alpha value is -1.54. The first-order chi connectivity index (χ1) is 7.70. The van der Waals surface area contributed by atoms with E-state index in [0.717, 1.165) is 10.2 Å². The van der Waals surface area contributed by atoms with Gasteiger partial charge in [-0.15, -0.1) is 0 Å². The molecule has 0 saturated carbocycles. The van der Waals surface area contributed by atoms with Gasteiger partial charge in [-0.25, -0.2) is 4.79 Å². The number of nitrogens with zero attached hydrogens (tertiary/aromatic N) is 2. The third-order valence-electron chi connectivity index (χ3n) is 2.33. The Morgan fingerprint density at radius 3 is 2.81 bits per heavy atom. The van der Waals surface area contributed by atoms with Crippen LogP contribution >= 0.6 is 15.9 Å². The molecular weight excluding hydrogens is 272 g/mol. The van der Waals surface area contributed by atoms with Crippen molar-refractivity contribution in [1.29, 1.82) is 5.26 Å². The highest BCUT2D eigenvalue weighted by atomic mass is 79.9. The molecule has 1 aromatic rings. The first-order valence-electron chi connectivity index (χ1n) is 4.81. The average molecular weight is 281 g/mol. The van der Waals surface area contributed by atoms with Crippen LogP contribution in [0.1, 0.15) is 6.42 Å². The zero-order valence-electron chi connectivity index (χ0n) is 8.39. The maximum atomic E-state index is 11.5. The Balaban J connectivity index is 2.14. The molecule has 0 spiro atoms. The number of carbonyl (C=O) groups excluding carboxylic acids is 1. The fourth-order valence-corrected chi connectivity index (χ4v) is 1.83. The summed E-state index contributed by atoms with van der Waals surface area (Å²) in [7, 11) is 0. The van der Waals surface area contributed by atoms with E-state index in [1.807, 2.05) is 30.3 Å². The normalized spacial score (nSPS) is 19.4. The Kier molecular flexibility index (Phi) is 3.11. The number of anilines is 1. The Labute approximate surface area is 102 Å². The number of halogens is 1. The van der Waals surface area contributed by atoms with Crippen LogP contribution in [0.5, 0.6) is 0 Å². The van der Waals surface area contributed by atoms with Crippen LogP contribution in [0.25, 0.3) is 0 Å². The summed E-state index contributed by atoms with van der Waals surface area (Å²) in [6.07, 6.45) is -0.470. The highest BCUT2D eigenvalue weighted by molar-refractivity contribution is 9.10. The van der Waals surface area contributed by atoms with Crippen LogP contribution in [0.3, 0.4) is 0 Å². The molecule has 1 aromatic carbocycles. The molecule has 0 N–H and O–H groups in total. The Morgan fingerprint density at radius 2 is 2.19 bits per heavy atom. The van der Waals surface area contributed by atoms with Gasteiger partial charge in [0.05, 0.1) is 19.0 Å². The molecule has 5 heteroatoms. The van der Waals surface area contributed by atoms with Crippen molar-refractivity contribution in [2.24, 2.45) is 0 Å². The smallest absolute Gasteiger partial charge is 0.414 e. The molecule has 0 radical (unpaired) electrons. The average Bonchev–Trinajstić information content (AvgIpc) is 2.61. The highest BCUT2D eigenvalue weighted by Gasteiger charge is 2.31. The molecule has 1 heterocycles. The number of rotatable bonds is 2. The quantitative estimate of drug-likeness (QED) is 0.837. The van der Waals surface area contributed by atoms with Crippen molar-refractivity contribution in [3.8, 4) is 6.07 Å². The van der Waals surface area contributed by atoms with Crippen molar-refractivity contribution in [3.63, 3.8) is 0 Å². The van der Waals surface area contributed by atoms with Crippen molar-refractivity contribution < 1.29 is 9.53 Å². The first-order valence-corrected chi connectivity index (χ1v) is 5.60. The molecule has 16 heavy (non-hydrogen) atoms. The van der Waals surface area contributed by atoms with Gasteiger partial charge in [0, 0.05) is 10.2 Å². The largest absolute Gasteiger partial charge is 0.443 e. The van der Waals surface area contributed by atoms with Crippen molar-refractivity contribution in [2.45, 2.75) is 12.5 Å². The number of hydrogen-bond acceptors (Lipinski definition) is 3. The summed E-state index contributed by atoms with van der Waals surface area (Å²) in [6, 6.07) is 9.39. The van der Waals surface area contributed by atoms with E-state index < -0.39 is 0 Å². The van der Waals surface area contributed by atoms with Crippen molar-refractivity contribution in [3.05, 3.63) is 28.7 Å². The maximum absolute atomic E-state index is 11.5. The lowest BCUT2D eigenvalue weighted by Crippen LogP contribution is -2.24. The summed E-state index contributed by atoms with van der Waals surface area (Å²) in [6.45, 7) is 0.439. The lowest BCUT2D eigenvalue weighted by molar-refractivity contribution is 0.143. The highest BCUT2D eigenvalue weighted by Crippen LogP contribution is 2.24. The third-order valence-corrected chi connectivity index (χ3v) is 2.86. The van der Waals surface area contributed by atoms with Gasteiger partial charge in [0.2, 0.25) is 0 Å². The molecule has 0 aromatic heterocycles. The molecule has 1 aliphatic rings. The van der Waals surface area contributed by atoms with Crippen LogP contribution in [0.15, 0.2) is 28.7 Å². The summed E-state index contributed by atoms with van der Waals surface area (Å²) in [5, 5.41) is 8.54. The van der Waals surface area contributed by atoms with Crippen LogP contribution in [0.2, 0.25) is 0 Å². The van der Waals surface area contributed by atoms with Gasteiger partial charge in [0.25, 0.3) is 0 Å². The second-order valence-corrected chi connectivity index (χ2v) is 4.37. The van der Waals surface area contributed by atoms with Crippen LogP contribution in [0.4, 0.5) is 10.5 Å². The minimum absolute atomic E-state index is 0.235. The standard InChI is InChI=1S/C11H9BrN2O2/c12-8-1-3-9(4-2-8)14-7-10(5-6-13)16-11(14)15/h1-4,10H,5,7H2. The predicted octanol–water partition coefficient (Wildman–Crippen LogP) is 2.69. The van der Waals surface area contributed by atoms with Gasteiger partial charge in [-0.1, -0.05) is 15.9 Å². The van der Waals surface area contributed by atoms with Gasteiger partial charge in [-0.3, -0.25) is 4.90 Å². The second-order valence-electron chi connectivity index (χ2n) is 3.46. The Morgan fingerprint density at radius 1 is 1.50 bits per heavy atom. The molecule has 1 aliphatic heterocycles. The van der Waals surface area contributed by atoms with Gasteiger partial charge in [0.1, 0.15) is 6.10 Å². The van der Waals surface area contributed by atoms with Crippen molar-refractivity contribution >= 4 is 27.7 Å². The van der Waals surface area contributed by atoms with Gasteiger partial charge >= 0.3 is 6.09 Å². The van der Waals surface area contributed by atoms with Gasteiger partial charge < -0.3 is 4.74 Å². The number of nitriles is 1. The summed E-state index contributed by atoms with van der Waals surface area (Å²) in [5.41, 5.74) is 0.786. The van der Waals surface area contributed by atoms with Crippen LogP contribution in [0, 0.1) is 11.3 Å². The number of cyclic esters (lactones) is 1. The van der Waals surface area contributed by atoms with E-state index in [1.165, 1.54) is 4.90 Å². The molecule has 1 unspecified atom stereocenters. The van der Waals surface area contributed by atoms with Gasteiger partial charge in [-0.05, 0) is 24.3 Å². The summed E-state index contributed by atoms with van der Waals surface area (Å²) < 4.78 is 6.01. The summed E-state index contributed by atoms with van der Waals surface area (Å²) in [5.74, 6) is 0. The number of carbonyl (C=O) groups is 1. The lowest BCUT2D eigenvalue weighted by Gasteiger charge is -2.12. The van der Waals surface area contributed by atoms with E-state index in [0.29, 0.717) is 6.54 Å². The topological polar surface area (TPSA) is 53.3 Å². The molecule has 1 amide bonds. The van der Waals surface area contributed by atoms with Crippen molar-refractivity contribution in [2.75, 3.05) is 11.4 Å². The number of benzene rings is 1. The van der Waals surface area contributed by atoms with E-state index in [1.54, 1.807) is 0 Å². The van der Waals surface area contributed by atoms with Gasteiger partial charge in [0.15, 0.2) is 0 Å². The fourth-order valence-electron chi connectivity index (χ4n) is 1.56. The summed E-state index contributed by atoms with van der Waals surface area (Å²) >= 11 is 3.33. The predicted molar refractivity (Wildman–Crippen MR) is 62.0 cm³/mol. The van der Waals surface area contributed by atoms with E-state index in [-0.39, 0.29) is 18.6 Å². The zero-order chi connectivity index (χ0) is 11.5. The molecule has 1 saturated heterocycles. The molecule has 1 fully saturated rings. The lowest BCUT2D eigenvalue weighted by atomic mass is 10.2. The van der Waals surface area contributed by atoms with Gasteiger partial charge in [-0.2, -0.15) is 5.26 Å². The van der Waals surface area contributed by atoms with Crippen LogP contribution in [-0.2, 0) is 4.74 Å². The molecule has 0 aliphatic carbocycles. The summed E-state index contributed by atoms with van der Waals surface area (Å²) in [4.78, 5) is 13.1. The minimum atomic E-state index is -0.387. The molecular formula is C11H9BrN2O2. The molecule has 1 atom stereocenters. The van der Waals surface area contributed by atoms with Crippen LogP contribution in [-0.4, -0.2) is 18.7 Å². The molecule has 2 rings (SSSR count). The number of hydrogen-bond donors (Lipinski definition) is 0. The van der Waals surface area contributed by atoms with Crippen molar-refractivity contribution in [1.82, 2.24) is 0 Å². The maximum Gasteiger partial charge on any atom is 0.414 e. The fraction of sp³-hybridized carbons (Fsp3) is 0.273. The van der Waals surface area contributed by atoms with E-state index in [9.17, 15) is 4.79 Å². The SMILES string of the molecule is N#CCC1CN(c2ccc(Br)cc2)C(=O)O1. The van der Waals surface area contributed by atoms with Crippen LogP contribution < -0.4 is 4.90 Å². The molecule has 4 nitrogen and oxygen atoms in total. The number of ether oxygens (including phenoxy) is 1. The van der Waals surface area contributed by atoms with E-state index in [2.05, 4.69) is 15.9 Å². The molecule has 82 valence electrons. The second kappa shape index (κ2) is 4.54. The minimum Gasteiger partial charge on any atom is -0.443 e. The number of amides is 1. The third kappa shape index (κ3) is 2.17. The monoisotopic (exact) mass is 280 g/mol. The zero-order valence-corrected chi connectivity index (χ0v) is 9.98. The van der Waals surface area contributed by atoms with E-state index >= 15 is 0 Å². The van der Waals surface area contributed by atoms with E-state index in [4.69, 9.17) is 10.00 Å². The molecule has 0 bridgehead atoms.